The van der Waals surface area contributed by atoms with Crippen LogP contribution >= 0.6 is 0 Å². The first-order chi connectivity index (χ1) is 9.95. The second kappa shape index (κ2) is 6.20. The highest BCUT2D eigenvalue weighted by Crippen LogP contribution is 2.23. The topological polar surface area (TPSA) is 46.6 Å². The van der Waals surface area contributed by atoms with Crippen LogP contribution in [0.4, 0.5) is 8.78 Å². The van der Waals surface area contributed by atoms with E-state index in [1.54, 1.807) is 0 Å². The minimum atomic E-state index is -0.863. The van der Waals surface area contributed by atoms with Crippen LogP contribution in [-0.2, 0) is 9.53 Å². The summed E-state index contributed by atoms with van der Waals surface area (Å²) in [5.74, 6) is -2.92. The molecule has 0 N–H and O–H groups in total. The van der Waals surface area contributed by atoms with E-state index in [4.69, 9.17) is 0 Å². The van der Waals surface area contributed by atoms with Gasteiger partial charge >= 0.3 is 5.97 Å². The Kier molecular flexibility index (Phi) is 4.55. The van der Waals surface area contributed by atoms with Crippen LogP contribution in [0.3, 0.4) is 0 Å². The van der Waals surface area contributed by atoms with E-state index in [0.717, 1.165) is 6.07 Å². The number of hydrogen-bond acceptors (Lipinski definition) is 3. The number of nitrogens with zero attached hydrogens (tertiary/aromatic N) is 1. The summed E-state index contributed by atoms with van der Waals surface area (Å²) in [6.45, 7) is 2.05. The lowest BCUT2D eigenvalue weighted by molar-refractivity contribution is -0.146. The van der Waals surface area contributed by atoms with Crippen molar-refractivity contribution >= 4 is 11.9 Å². The molecule has 6 heteroatoms. The SMILES string of the molecule is COC(=O)C1CCN(C(=O)c2c(F)ccc(C)c2F)CC1. The summed E-state index contributed by atoms with van der Waals surface area (Å²) in [4.78, 5) is 25.1. The summed E-state index contributed by atoms with van der Waals surface area (Å²) in [6.07, 6.45) is 0.876. The fourth-order valence-corrected chi connectivity index (χ4v) is 2.50. The number of piperidine rings is 1. The number of carbonyl (C=O) groups excluding carboxylic acids is 2. The van der Waals surface area contributed by atoms with Crippen LogP contribution in [-0.4, -0.2) is 37.0 Å². The average molecular weight is 297 g/mol. The van der Waals surface area contributed by atoms with Gasteiger partial charge < -0.3 is 9.64 Å². The lowest BCUT2D eigenvalue weighted by Crippen LogP contribution is -2.41. The first-order valence-corrected chi connectivity index (χ1v) is 6.77. The Morgan fingerprint density at radius 2 is 1.86 bits per heavy atom. The fraction of sp³-hybridized carbons (Fsp3) is 0.467. The predicted octanol–water partition coefficient (Wildman–Crippen LogP) is 2.30. The van der Waals surface area contributed by atoms with Crippen LogP contribution in [0.2, 0.25) is 0 Å². The summed E-state index contributed by atoms with van der Waals surface area (Å²) >= 11 is 0. The van der Waals surface area contributed by atoms with Gasteiger partial charge in [0, 0.05) is 13.1 Å². The predicted molar refractivity (Wildman–Crippen MR) is 71.7 cm³/mol. The molecular weight excluding hydrogens is 280 g/mol. The number of aryl methyl sites for hydroxylation is 1. The van der Waals surface area contributed by atoms with Gasteiger partial charge in [-0.25, -0.2) is 8.78 Å². The molecule has 1 aliphatic rings. The molecule has 0 unspecified atom stereocenters. The van der Waals surface area contributed by atoms with Crippen LogP contribution in [0.15, 0.2) is 12.1 Å². The van der Waals surface area contributed by atoms with Gasteiger partial charge in [0.15, 0.2) is 0 Å². The number of carbonyl (C=O) groups is 2. The number of ether oxygens (including phenoxy) is 1. The summed E-state index contributed by atoms with van der Waals surface area (Å²) < 4.78 is 32.4. The molecule has 0 aromatic heterocycles. The summed E-state index contributed by atoms with van der Waals surface area (Å²) in [5, 5.41) is 0. The quantitative estimate of drug-likeness (QED) is 0.787. The summed E-state index contributed by atoms with van der Waals surface area (Å²) in [5.41, 5.74) is -0.296. The first-order valence-electron chi connectivity index (χ1n) is 6.77. The van der Waals surface area contributed by atoms with E-state index >= 15 is 0 Å². The molecule has 1 saturated heterocycles. The molecule has 1 aliphatic heterocycles. The van der Waals surface area contributed by atoms with Gasteiger partial charge in [0.25, 0.3) is 5.91 Å². The zero-order chi connectivity index (χ0) is 15.6. The van der Waals surface area contributed by atoms with E-state index in [1.165, 1.54) is 25.0 Å². The molecule has 0 aliphatic carbocycles. The molecule has 1 aromatic carbocycles. The Morgan fingerprint density at radius 1 is 1.24 bits per heavy atom. The molecule has 0 spiro atoms. The van der Waals surface area contributed by atoms with Gasteiger partial charge in [0.05, 0.1) is 13.0 Å². The zero-order valence-electron chi connectivity index (χ0n) is 12.0. The van der Waals surface area contributed by atoms with Gasteiger partial charge in [-0.05, 0) is 31.4 Å². The number of rotatable bonds is 2. The summed E-state index contributed by atoms with van der Waals surface area (Å²) in [7, 11) is 1.32. The molecule has 0 radical (unpaired) electrons. The van der Waals surface area contributed by atoms with Gasteiger partial charge in [0.1, 0.15) is 17.2 Å². The van der Waals surface area contributed by atoms with Crippen LogP contribution in [0.5, 0.6) is 0 Å². The van der Waals surface area contributed by atoms with Crippen LogP contribution < -0.4 is 0 Å². The number of esters is 1. The Hall–Kier alpha value is -1.98. The molecule has 1 heterocycles. The standard InChI is InChI=1S/C15H17F2NO3/c1-9-3-4-11(16)12(13(9)17)14(19)18-7-5-10(6-8-18)15(20)21-2/h3-4,10H,5-8H2,1-2H3. The van der Waals surface area contributed by atoms with Crippen molar-refractivity contribution in [2.75, 3.05) is 20.2 Å². The van der Waals surface area contributed by atoms with Crippen molar-refractivity contribution in [3.63, 3.8) is 0 Å². The number of methoxy groups -OCH3 is 1. The summed E-state index contributed by atoms with van der Waals surface area (Å²) in [6, 6.07) is 2.39. The van der Waals surface area contributed by atoms with E-state index in [1.807, 2.05) is 0 Å². The molecule has 21 heavy (non-hydrogen) atoms. The maximum atomic E-state index is 14.0. The van der Waals surface area contributed by atoms with E-state index in [2.05, 4.69) is 4.74 Å². The third-order valence-electron chi connectivity index (χ3n) is 3.81. The fourth-order valence-electron chi connectivity index (χ4n) is 2.50. The van der Waals surface area contributed by atoms with E-state index in [-0.39, 0.29) is 30.5 Å². The molecular formula is C15H17F2NO3. The van der Waals surface area contributed by atoms with Gasteiger partial charge in [-0.1, -0.05) is 6.07 Å². The molecule has 4 nitrogen and oxygen atoms in total. The number of halogens is 2. The molecule has 0 saturated carbocycles. The smallest absolute Gasteiger partial charge is 0.308 e. The minimum Gasteiger partial charge on any atom is -0.469 e. The van der Waals surface area contributed by atoms with E-state index in [0.29, 0.717) is 12.8 Å². The van der Waals surface area contributed by atoms with E-state index < -0.39 is 23.1 Å². The lowest BCUT2D eigenvalue weighted by atomic mass is 9.96. The zero-order valence-corrected chi connectivity index (χ0v) is 12.0. The molecule has 0 atom stereocenters. The highest BCUT2D eigenvalue weighted by atomic mass is 19.1. The van der Waals surface area contributed by atoms with Crippen LogP contribution in [0, 0.1) is 24.5 Å². The molecule has 2 rings (SSSR count). The van der Waals surface area contributed by atoms with Gasteiger partial charge in [-0.2, -0.15) is 0 Å². The largest absolute Gasteiger partial charge is 0.469 e. The Labute approximate surface area is 121 Å². The first kappa shape index (κ1) is 15.4. The number of benzene rings is 1. The lowest BCUT2D eigenvalue weighted by Gasteiger charge is -2.31. The Balaban J connectivity index is 2.13. The van der Waals surface area contributed by atoms with Crippen molar-refractivity contribution < 1.29 is 23.1 Å². The number of hydrogen-bond donors (Lipinski definition) is 0. The van der Waals surface area contributed by atoms with Crippen molar-refractivity contribution in [3.8, 4) is 0 Å². The maximum absolute atomic E-state index is 14.0. The second-order valence-corrected chi connectivity index (χ2v) is 5.14. The number of amides is 1. The molecule has 0 bridgehead atoms. The van der Waals surface area contributed by atoms with Crippen LogP contribution in [0.25, 0.3) is 0 Å². The van der Waals surface area contributed by atoms with Crippen molar-refractivity contribution in [2.45, 2.75) is 19.8 Å². The van der Waals surface area contributed by atoms with Crippen molar-refractivity contribution in [2.24, 2.45) is 5.92 Å². The highest BCUT2D eigenvalue weighted by molar-refractivity contribution is 5.95. The average Bonchev–Trinajstić information content (AvgIpc) is 2.50. The number of likely N-dealkylation sites (tertiary alicyclic amines) is 1. The van der Waals surface area contributed by atoms with Crippen LogP contribution in [0.1, 0.15) is 28.8 Å². The normalized spacial score (nSPS) is 15.9. The van der Waals surface area contributed by atoms with Crippen molar-refractivity contribution in [3.05, 3.63) is 34.9 Å². The maximum Gasteiger partial charge on any atom is 0.308 e. The van der Waals surface area contributed by atoms with Crippen molar-refractivity contribution in [1.82, 2.24) is 4.90 Å². The van der Waals surface area contributed by atoms with Gasteiger partial charge in [-0.3, -0.25) is 9.59 Å². The third kappa shape index (κ3) is 3.04. The molecule has 1 amide bonds. The molecule has 1 fully saturated rings. The molecule has 1 aromatic rings. The Bertz CT molecular complexity index is 566. The third-order valence-corrected chi connectivity index (χ3v) is 3.81. The monoisotopic (exact) mass is 297 g/mol. The van der Waals surface area contributed by atoms with Gasteiger partial charge in [-0.15, -0.1) is 0 Å². The van der Waals surface area contributed by atoms with Crippen molar-refractivity contribution in [1.29, 1.82) is 0 Å². The molecule has 114 valence electrons. The van der Waals surface area contributed by atoms with E-state index in [9.17, 15) is 18.4 Å². The van der Waals surface area contributed by atoms with Gasteiger partial charge in [0.2, 0.25) is 0 Å². The minimum absolute atomic E-state index is 0.226. The Morgan fingerprint density at radius 3 is 2.43 bits per heavy atom. The highest BCUT2D eigenvalue weighted by Gasteiger charge is 2.30. The second-order valence-electron chi connectivity index (χ2n) is 5.14.